The van der Waals surface area contributed by atoms with Crippen LogP contribution in [0.15, 0.2) is 44.4 Å². The van der Waals surface area contributed by atoms with Crippen molar-refractivity contribution in [3.63, 3.8) is 0 Å². The second kappa shape index (κ2) is 5.43. The van der Waals surface area contributed by atoms with Gasteiger partial charge in [-0.1, -0.05) is 17.7 Å². The van der Waals surface area contributed by atoms with E-state index in [2.05, 4.69) is 9.71 Å². The summed E-state index contributed by atoms with van der Waals surface area (Å²) < 4.78 is 32.7. The Bertz CT molecular complexity index is 1070. The number of nitrogens with one attached hydrogen (secondary N) is 2. The number of aromatic nitrogens is 1. The molecule has 2 N–H and O–H groups in total. The molecule has 0 atom stereocenters. The summed E-state index contributed by atoms with van der Waals surface area (Å²) in [5.41, 5.74) is 2.26. The SMILES string of the molecule is Cc1ccc(Cl)cc1NS(=O)(=O)c1cc2oc(=O)[nH]c2cc1C. The normalized spacial score (nSPS) is 11.8. The van der Waals surface area contributed by atoms with Crippen molar-refractivity contribution < 1.29 is 12.8 Å². The number of benzene rings is 2. The molecule has 0 saturated carbocycles. The Morgan fingerprint density at radius 1 is 1.13 bits per heavy atom. The number of aryl methyl sites for hydroxylation is 2. The van der Waals surface area contributed by atoms with E-state index in [1.165, 1.54) is 6.07 Å². The predicted molar refractivity (Wildman–Crippen MR) is 88.6 cm³/mol. The van der Waals surface area contributed by atoms with Crippen LogP contribution in [0.5, 0.6) is 0 Å². The molecule has 3 rings (SSSR count). The molecule has 0 unspecified atom stereocenters. The fourth-order valence-corrected chi connectivity index (χ4v) is 3.82. The average molecular weight is 353 g/mol. The van der Waals surface area contributed by atoms with E-state index < -0.39 is 15.8 Å². The van der Waals surface area contributed by atoms with Crippen LogP contribution in [0.25, 0.3) is 11.1 Å². The van der Waals surface area contributed by atoms with Gasteiger partial charge in [0.2, 0.25) is 0 Å². The lowest BCUT2D eigenvalue weighted by molar-refractivity contribution is 0.554. The van der Waals surface area contributed by atoms with E-state index in [-0.39, 0.29) is 10.5 Å². The Kier molecular flexibility index (Phi) is 3.69. The molecule has 0 amide bonds. The zero-order valence-electron chi connectivity index (χ0n) is 12.3. The molecule has 8 heteroatoms. The van der Waals surface area contributed by atoms with Crippen molar-refractivity contribution in [3.8, 4) is 0 Å². The van der Waals surface area contributed by atoms with Crippen LogP contribution in [0.4, 0.5) is 5.69 Å². The van der Waals surface area contributed by atoms with Crippen LogP contribution in [0.1, 0.15) is 11.1 Å². The third-order valence-electron chi connectivity index (χ3n) is 3.45. The van der Waals surface area contributed by atoms with Crippen molar-refractivity contribution >= 4 is 38.4 Å². The van der Waals surface area contributed by atoms with Gasteiger partial charge in [0.25, 0.3) is 10.0 Å². The summed E-state index contributed by atoms with van der Waals surface area (Å²) in [6, 6.07) is 7.82. The number of H-pyrrole nitrogens is 1. The quantitative estimate of drug-likeness (QED) is 0.757. The van der Waals surface area contributed by atoms with Gasteiger partial charge >= 0.3 is 5.76 Å². The first-order chi connectivity index (χ1) is 10.8. The third kappa shape index (κ3) is 2.97. The van der Waals surface area contributed by atoms with Crippen molar-refractivity contribution in [2.75, 3.05) is 4.72 Å². The Hall–Kier alpha value is -2.25. The zero-order chi connectivity index (χ0) is 16.8. The molecule has 0 radical (unpaired) electrons. The Balaban J connectivity index is 2.10. The van der Waals surface area contributed by atoms with Crippen LogP contribution in [-0.4, -0.2) is 13.4 Å². The molecule has 0 spiro atoms. The lowest BCUT2D eigenvalue weighted by Gasteiger charge is -2.12. The second-order valence-corrected chi connectivity index (χ2v) is 7.28. The number of sulfonamides is 1. The minimum Gasteiger partial charge on any atom is -0.408 e. The van der Waals surface area contributed by atoms with Crippen molar-refractivity contribution in [1.82, 2.24) is 4.98 Å². The maximum absolute atomic E-state index is 12.7. The summed E-state index contributed by atoms with van der Waals surface area (Å²) in [5.74, 6) is -0.632. The lowest BCUT2D eigenvalue weighted by Crippen LogP contribution is -2.15. The first kappa shape index (κ1) is 15.6. The van der Waals surface area contributed by atoms with E-state index in [4.69, 9.17) is 16.0 Å². The summed E-state index contributed by atoms with van der Waals surface area (Å²) in [6.45, 7) is 3.42. The van der Waals surface area contributed by atoms with Crippen molar-refractivity contribution in [2.24, 2.45) is 0 Å². The van der Waals surface area contributed by atoms with Gasteiger partial charge in [-0.25, -0.2) is 13.2 Å². The minimum atomic E-state index is -3.85. The van der Waals surface area contributed by atoms with Crippen LogP contribution in [0.2, 0.25) is 5.02 Å². The molecule has 2 aromatic carbocycles. The van der Waals surface area contributed by atoms with Gasteiger partial charge in [-0.2, -0.15) is 0 Å². The molecule has 0 bridgehead atoms. The van der Waals surface area contributed by atoms with Crippen LogP contribution >= 0.6 is 11.6 Å². The van der Waals surface area contributed by atoms with Gasteiger partial charge in [-0.3, -0.25) is 9.71 Å². The van der Waals surface area contributed by atoms with Crippen LogP contribution in [0.3, 0.4) is 0 Å². The molecule has 6 nitrogen and oxygen atoms in total. The summed E-state index contributed by atoms with van der Waals surface area (Å²) >= 11 is 5.92. The Labute approximate surface area is 137 Å². The molecule has 23 heavy (non-hydrogen) atoms. The average Bonchev–Trinajstić information content (AvgIpc) is 2.80. The number of anilines is 1. The molecule has 0 aliphatic heterocycles. The number of oxazole rings is 1. The summed E-state index contributed by atoms with van der Waals surface area (Å²) in [5, 5.41) is 0.428. The molecular weight excluding hydrogens is 340 g/mol. The van der Waals surface area contributed by atoms with Crippen LogP contribution in [-0.2, 0) is 10.0 Å². The topological polar surface area (TPSA) is 92.2 Å². The van der Waals surface area contributed by atoms with Gasteiger partial charge in [0.05, 0.1) is 16.1 Å². The highest BCUT2D eigenvalue weighted by Crippen LogP contribution is 2.26. The monoisotopic (exact) mass is 352 g/mol. The van der Waals surface area contributed by atoms with E-state index in [0.29, 0.717) is 21.8 Å². The highest BCUT2D eigenvalue weighted by Gasteiger charge is 2.20. The van der Waals surface area contributed by atoms with E-state index in [1.54, 1.807) is 38.1 Å². The first-order valence-corrected chi connectivity index (χ1v) is 8.55. The Morgan fingerprint density at radius 2 is 1.87 bits per heavy atom. The predicted octanol–water partition coefficient (Wildman–Crippen LogP) is 3.19. The Morgan fingerprint density at radius 3 is 2.61 bits per heavy atom. The fourth-order valence-electron chi connectivity index (χ4n) is 2.28. The van der Waals surface area contributed by atoms with E-state index in [0.717, 1.165) is 5.56 Å². The van der Waals surface area contributed by atoms with Crippen molar-refractivity contribution in [2.45, 2.75) is 18.7 Å². The molecule has 1 heterocycles. The molecule has 120 valence electrons. The van der Waals surface area contributed by atoms with Crippen LogP contribution < -0.4 is 10.5 Å². The lowest BCUT2D eigenvalue weighted by atomic mass is 10.2. The molecular formula is C15H13ClN2O4S. The highest BCUT2D eigenvalue weighted by atomic mass is 35.5. The fraction of sp³-hybridized carbons (Fsp3) is 0.133. The number of hydrogen-bond acceptors (Lipinski definition) is 4. The largest absolute Gasteiger partial charge is 0.417 e. The van der Waals surface area contributed by atoms with Gasteiger partial charge in [0.1, 0.15) is 0 Å². The van der Waals surface area contributed by atoms with Crippen molar-refractivity contribution in [1.29, 1.82) is 0 Å². The summed E-state index contributed by atoms with van der Waals surface area (Å²) in [6.07, 6.45) is 0. The maximum Gasteiger partial charge on any atom is 0.417 e. The molecule has 0 fully saturated rings. The third-order valence-corrected chi connectivity index (χ3v) is 5.19. The van der Waals surface area contributed by atoms with Gasteiger partial charge in [0.15, 0.2) is 5.58 Å². The molecule has 0 saturated heterocycles. The molecule has 0 aliphatic rings. The van der Waals surface area contributed by atoms with Gasteiger partial charge in [-0.05, 0) is 43.2 Å². The van der Waals surface area contributed by atoms with Crippen molar-refractivity contribution in [3.05, 3.63) is 57.0 Å². The number of halogens is 1. The van der Waals surface area contributed by atoms with Crippen LogP contribution in [0, 0.1) is 13.8 Å². The second-order valence-electron chi connectivity index (χ2n) is 5.19. The van der Waals surface area contributed by atoms with Gasteiger partial charge in [0, 0.05) is 11.1 Å². The standard InChI is InChI=1S/C15H13ClN2O4S/c1-8-3-4-10(16)6-11(8)18-23(20,21)14-7-13-12(5-9(14)2)17-15(19)22-13/h3-7,18H,1-2H3,(H,17,19). The van der Waals surface area contributed by atoms with E-state index in [1.807, 2.05) is 0 Å². The smallest absolute Gasteiger partial charge is 0.408 e. The molecule has 3 aromatic rings. The number of fused-ring (bicyclic) bond motifs is 1. The summed E-state index contributed by atoms with van der Waals surface area (Å²) in [4.78, 5) is 13.8. The van der Waals surface area contributed by atoms with E-state index >= 15 is 0 Å². The molecule has 0 aliphatic carbocycles. The van der Waals surface area contributed by atoms with Gasteiger partial charge < -0.3 is 4.42 Å². The minimum absolute atomic E-state index is 0.0344. The summed E-state index contributed by atoms with van der Waals surface area (Å²) in [7, 11) is -3.85. The van der Waals surface area contributed by atoms with Gasteiger partial charge in [-0.15, -0.1) is 0 Å². The number of rotatable bonds is 3. The maximum atomic E-state index is 12.7. The molecule has 1 aromatic heterocycles. The number of aromatic amines is 1. The highest BCUT2D eigenvalue weighted by molar-refractivity contribution is 7.92. The number of hydrogen-bond donors (Lipinski definition) is 2. The zero-order valence-corrected chi connectivity index (χ0v) is 13.9. The van der Waals surface area contributed by atoms with E-state index in [9.17, 15) is 13.2 Å². The first-order valence-electron chi connectivity index (χ1n) is 6.69.